The Morgan fingerprint density at radius 1 is 1.14 bits per heavy atom. The number of rotatable bonds is 10. The molecule has 2 aromatic rings. The highest BCUT2D eigenvalue weighted by molar-refractivity contribution is 8.00. The number of nitro benzene ring substituents is 1. The summed E-state index contributed by atoms with van der Waals surface area (Å²) < 4.78 is 5.14. The number of hydrogen-bond acceptors (Lipinski definition) is 6. The average Bonchev–Trinajstić information content (AvgIpc) is 2.72. The average molecular weight is 416 g/mol. The van der Waals surface area contributed by atoms with Crippen molar-refractivity contribution in [2.24, 2.45) is 5.92 Å². The summed E-state index contributed by atoms with van der Waals surface area (Å²) in [6.07, 6.45) is 0.476. The molecule has 0 bridgehead atoms. The number of ether oxygens (including phenoxy) is 1. The Morgan fingerprint density at radius 3 is 2.38 bits per heavy atom. The van der Waals surface area contributed by atoms with Gasteiger partial charge in [0.2, 0.25) is 5.91 Å². The number of esters is 1. The summed E-state index contributed by atoms with van der Waals surface area (Å²) in [6.45, 7) is 3.96. The van der Waals surface area contributed by atoms with Crippen LogP contribution in [0.5, 0.6) is 0 Å². The van der Waals surface area contributed by atoms with Gasteiger partial charge in [-0.05, 0) is 38.0 Å². The van der Waals surface area contributed by atoms with Crippen LogP contribution in [-0.4, -0.2) is 35.2 Å². The smallest absolute Gasteiger partial charge is 0.311 e. The minimum Gasteiger partial charge on any atom is -0.466 e. The van der Waals surface area contributed by atoms with Crippen molar-refractivity contribution >= 4 is 29.3 Å². The van der Waals surface area contributed by atoms with Crippen LogP contribution in [0.3, 0.4) is 0 Å². The van der Waals surface area contributed by atoms with Gasteiger partial charge >= 0.3 is 5.97 Å². The standard InChI is InChI=1S/C21H24N2O5S/c1-3-28-21(25)17(13-16-7-5-4-6-8-16)14-22-20(24)15(2)29-19-11-9-18(10-12-19)23(26)27/h4-12,15,17H,3,13-14H2,1-2H3,(H,22,24). The number of thioether (sulfide) groups is 1. The molecule has 0 spiro atoms. The zero-order chi connectivity index (χ0) is 21.2. The Kier molecular flexibility index (Phi) is 8.67. The van der Waals surface area contributed by atoms with Crippen LogP contribution in [0.25, 0.3) is 0 Å². The van der Waals surface area contributed by atoms with Gasteiger partial charge in [0.05, 0.1) is 22.7 Å². The SMILES string of the molecule is CCOC(=O)C(CNC(=O)C(C)Sc1ccc([N+](=O)[O-])cc1)Cc1ccccc1. The Morgan fingerprint density at radius 2 is 1.79 bits per heavy atom. The van der Waals surface area contributed by atoms with E-state index >= 15 is 0 Å². The van der Waals surface area contributed by atoms with Gasteiger partial charge in [-0.25, -0.2) is 0 Å². The third-order valence-corrected chi connectivity index (χ3v) is 5.31. The molecule has 0 aromatic heterocycles. The third kappa shape index (κ3) is 7.23. The lowest BCUT2D eigenvalue weighted by molar-refractivity contribution is -0.384. The lowest BCUT2D eigenvalue weighted by Crippen LogP contribution is -2.38. The van der Waals surface area contributed by atoms with Crippen LogP contribution in [0, 0.1) is 16.0 Å². The number of nitrogens with one attached hydrogen (secondary N) is 1. The molecule has 0 aliphatic heterocycles. The number of nitro groups is 1. The van der Waals surface area contributed by atoms with Crippen molar-refractivity contribution in [3.05, 3.63) is 70.3 Å². The van der Waals surface area contributed by atoms with Gasteiger partial charge in [0.25, 0.3) is 5.69 Å². The quantitative estimate of drug-likeness (QED) is 0.275. The summed E-state index contributed by atoms with van der Waals surface area (Å²) in [5.41, 5.74) is 0.998. The maximum atomic E-state index is 12.5. The van der Waals surface area contributed by atoms with E-state index < -0.39 is 16.1 Å². The van der Waals surface area contributed by atoms with Crippen LogP contribution in [0.2, 0.25) is 0 Å². The fourth-order valence-corrected chi connectivity index (χ4v) is 3.56. The van der Waals surface area contributed by atoms with E-state index in [1.807, 2.05) is 30.3 Å². The Labute approximate surface area is 174 Å². The van der Waals surface area contributed by atoms with Crippen molar-refractivity contribution in [3.8, 4) is 0 Å². The summed E-state index contributed by atoms with van der Waals surface area (Å²) in [5, 5.41) is 13.1. The highest BCUT2D eigenvalue weighted by atomic mass is 32.2. The number of non-ortho nitro benzene ring substituents is 1. The number of carbonyl (C=O) groups is 2. The van der Waals surface area contributed by atoms with Crippen molar-refractivity contribution < 1.29 is 19.2 Å². The molecule has 1 N–H and O–H groups in total. The second kappa shape index (κ2) is 11.2. The van der Waals surface area contributed by atoms with E-state index in [4.69, 9.17) is 4.74 Å². The van der Waals surface area contributed by atoms with Gasteiger partial charge in [-0.1, -0.05) is 30.3 Å². The molecule has 0 saturated heterocycles. The minimum atomic E-state index is -0.474. The molecule has 0 fully saturated rings. The van der Waals surface area contributed by atoms with Crippen molar-refractivity contribution in [1.82, 2.24) is 5.32 Å². The fraction of sp³-hybridized carbons (Fsp3) is 0.333. The lowest BCUT2D eigenvalue weighted by Gasteiger charge is -2.18. The number of nitrogens with zero attached hydrogens (tertiary/aromatic N) is 1. The van der Waals surface area contributed by atoms with E-state index in [9.17, 15) is 19.7 Å². The molecule has 29 heavy (non-hydrogen) atoms. The maximum absolute atomic E-state index is 12.5. The Bertz CT molecular complexity index is 827. The molecule has 0 heterocycles. The molecule has 2 aromatic carbocycles. The van der Waals surface area contributed by atoms with E-state index in [2.05, 4.69) is 5.32 Å². The van der Waals surface area contributed by atoms with E-state index in [1.165, 1.54) is 23.9 Å². The number of benzene rings is 2. The van der Waals surface area contributed by atoms with E-state index in [0.717, 1.165) is 10.5 Å². The third-order valence-electron chi connectivity index (χ3n) is 4.20. The number of hydrogen-bond donors (Lipinski definition) is 1. The summed E-state index contributed by atoms with van der Waals surface area (Å²) >= 11 is 1.30. The topological polar surface area (TPSA) is 98.5 Å². The van der Waals surface area contributed by atoms with E-state index in [-0.39, 0.29) is 30.7 Å². The molecule has 0 radical (unpaired) electrons. The van der Waals surface area contributed by atoms with Crippen LogP contribution in [0.15, 0.2) is 59.5 Å². The van der Waals surface area contributed by atoms with Crippen LogP contribution in [0.1, 0.15) is 19.4 Å². The molecular formula is C21H24N2O5S. The zero-order valence-corrected chi connectivity index (χ0v) is 17.2. The predicted octanol–water partition coefficient (Wildman–Crippen LogP) is 3.61. The highest BCUT2D eigenvalue weighted by Crippen LogP contribution is 2.25. The van der Waals surface area contributed by atoms with Crippen molar-refractivity contribution in [2.75, 3.05) is 13.2 Å². The summed E-state index contributed by atoms with van der Waals surface area (Å²) in [4.78, 5) is 35.8. The van der Waals surface area contributed by atoms with Gasteiger partial charge in [0, 0.05) is 23.6 Å². The van der Waals surface area contributed by atoms with Crippen LogP contribution in [0.4, 0.5) is 5.69 Å². The van der Waals surface area contributed by atoms with Crippen LogP contribution < -0.4 is 5.32 Å². The second-order valence-corrected chi connectivity index (χ2v) is 7.81. The molecule has 0 saturated carbocycles. The molecule has 2 rings (SSSR count). The lowest BCUT2D eigenvalue weighted by atomic mass is 9.99. The molecule has 7 nitrogen and oxygen atoms in total. The molecule has 0 aliphatic rings. The van der Waals surface area contributed by atoms with Gasteiger partial charge in [-0.3, -0.25) is 19.7 Å². The molecule has 8 heteroatoms. The first-order valence-corrected chi connectivity index (χ1v) is 10.2. The fourth-order valence-electron chi connectivity index (χ4n) is 2.67. The first kappa shape index (κ1) is 22.4. The Hall–Kier alpha value is -2.87. The highest BCUT2D eigenvalue weighted by Gasteiger charge is 2.23. The van der Waals surface area contributed by atoms with Crippen LogP contribution >= 0.6 is 11.8 Å². The monoisotopic (exact) mass is 416 g/mol. The second-order valence-electron chi connectivity index (χ2n) is 6.39. The molecule has 1 amide bonds. The van der Waals surface area contributed by atoms with Gasteiger partial charge in [0.1, 0.15) is 0 Å². The van der Waals surface area contributed by atoms with Crippen LogP contribution in [-0.2, 0) is 20.7 Å². The zero-order valence-electron chi connectivity index (χ0n) is 16.4. The number of amides is 1. The number of carbonyl (C=O) groups excluding carboxylic acids is 2. The summed E-state index contributed by atoms with van der Waals surface area (Å²) in [5.74, 6) is -1.03. The van der Waals surface area contributed by atoms with Gasteiger partial charge < -0.3 is 10.1 Å². The Balaban J connectivity index is 1.93. The predicted molar refractivity (Wildman–Crippen MR) is 112 cm³/mol. The van der Waals surface area contributed by atoms with Gasteiger partial charge in [0.15, 0.2) is 0 Å². The first-order valence-electron chi connectivity index (χ1n) is 9.30. The van der Waals surface area contributed by atoms with Gasteiger partial charge in [-0.2, -0.15) is 0 Å². The first-order chi connectivity index (χ1) is 13.9. The minimum absolute atomic E-state index is 0.00430. The van der Waals surface area contributed by atoms with E-state index in [1.54, 1.807) is 26.0 Å². The summed E-state index contributed by atoms with van der Waals surface area (Å²) in [6, 6.07) is 15.6. The molecular weight excluding hydrogens is 392 g/mol. The van der Waals surface area contributed by atoms with E-state index in [0.29, 0.717) is 6.42 Å². The van der Waals surface area contributed by atoms with Crippen molar-refractivity contribution in [3.63, 3.8) is 0 Å². The summed E-state index contributed by atoms with van der Waals surface area (Å²) in [7, 11) is 0. The normalized spacial score (nSPS) is 12.6. The molecule has 2 atom stereocenters. The molecule has 2 unspecified atom stereocenters. The molecule has 154 valence electrons. The molecule has 0 aliphatic carbocycles. The maximum Gasteiger partial charge on any atom is 0.311 e. The largest absolute Gasteiger partial charge is 0.466 e. The van der Waals surface area contributed by atoms with Crippen molar-refractivity contribution in [1.29, 1.82) is 0 Å². The van der Waals surface area contributed by atoms with Crippen molar-refractivity contribution in [2.45, 2.75) is 30.4 Å². The van der Waals surface area contributed by atoms with Gasteiger partial charge in [-0.15, -0.1) is 11.8 Å².